The number of anilines is 3. The quantitative estimate of drug-likeness (QED) is 0.159. The molecule has 0 bridgehead atoms. The minimum Gasteiger partial charge on any atom is -0.310 e. The fraction of sp³-hybridized carbons (Fsp3) is 0. The van der Waals surface area contributed by atoms with Gasteiger partial charge in [0, 0.05) is 16.8 Å². The Morgan fingerprint density at radius 2 is 0.849 bits per heavy atom. The average molecular weight is 674 g/mol. The summed E-state index contributed by atoms with van der Waals surface area (Å²) in [6, 6.07) is 77.4. The van der Waals surface area contributed by atoms with Crippen molar-refractivity contribution < 1.29 is 0 Å². The summed E-state index contributed by atoms with van der Waals surface area (Å²) in [5, 5.41) is 9.95. The smallest absolute Gasteiger partial charge is 0.0546 e. The van der Waals surface area contributed by atoms with Crippen molar-refractivity contribution in [2.45, 2.75) is 0 Å². The zero-order valence-electron chi connectivity index (χ0n) is 29.2. The second-order valence-electron chi connectivity index (χ2n) is 13.7. The molecule has 0 fully saturated rings. The lowest BCUT2D eigenvalue weighted by Gasteiger charge is -2.29. The van der Waals surface area contributed by atoms with E-state index < -0.39 is 0 Å². The molecule has 248 valence electrons. The average Bonchev–Trinajstić information content (AvgIpc) is 3.24. The van der Waals surface area contributed by atoms with Gasteiger partial charge in [-0.15, -0.1) is 0 Å². The number of fused-ring (bicyclic) bond motifs is 6. The van der Waals surface area contributed by atoms with Crippen LogP contribution in [0.15, 0.2) is 212 Å². The maximum absolute atomic E-state index is 2.47. The number of benzene rings is 10. The molecule has 0 radical (unpaired) electrons. The largest absolute Gasteiger partial charge is 0.310 e. The molecule has 0 aromatic heterocycles. The number of rotatable bonds is 6. The normalized spacial score (nSPS) is 11.4. The Morgan fingerprint density at radius 1 is 0.264 bits per heavy atom. The van der Waals surface area contributed by atoms with Gasteiger partial charge in [-0.05, 0) is 101 Å². The maximum Gasteiger partial charge on any atom is 0.0546 e. The van der Waals surface area contributed by atoms with Crippen LogP contribution in [-0.4, -0.2) is 0 Å². The highest BCUT2D eigenvalue weighted by molar-refractivity contribution is 6.21. The van der Waals surface area contributed by atoms with Crippen LogP contribution in [0.5, 0.6) is 0 Å². The topological polar surface area (TPSA) is 3.24 Å². The van der Waals surface area contributed by atoms with Crippen molar-refractivity contribution in [2.24, 2.45) is 0 Å². The third kappa shape index (κ3) is 5.42. The van der Waals surface area contributed by atoms with Crippen LogP contribution in [0.25, 0.3) is 76.5 Å². The van der Waals surface area contributed by atoms with E-state index >= 15 is 0 Å². The lowest BCUT2D eigenvalue weighted by molar-refractivity contribution is 1.30. The van der Waals surface area contributed by atoms with Crippen molar-refractivity contribution in [3.05, 3.63) is 212 Å². The van der Waals surface area contributed by atoms with Gasteiger partial charge in [0.05, 0.1) is 5.69 Å². The van der Waals surface area contributed by atoms with Gasteiger partial charge < -0.3 is 4.90 Å². The Balaban J connectivity index is 1.28. The second kappa shape index (κ2) is 13.0. The SMILES string of the molecule is c1ccc(-c2cccc(N(c3ccc(-c4ccccc4)c(-c4cccc5ccccc45)c3)c3cccc4ccc5c6ccccc6ccc5c34)c2)cc1. The van der Waals surface area contributed by atoms with Gasteiger partial charge in [-0.1, -0.05) is 182 Å². The summed E-state index contributed by atoms with van der Waals surface area (Å²) in [6.45, 7) is 0. The van der Waals surface area contributed by atoms with Crippen LogP contribution in [0, 0.1) is 0 Å². The van der Waals surface area contributed by atoms with Gasteiger partial charge in [0.25, 0.3) is 0 Å². The van der Waals surface area contributed by atoms with Crippen molar-refractivity contribution in [2.75, 3.05) is 4.90 Å². The first-order chi connectivity index (χ1) is 26.3. The third-order valence-corrected chi connectivity index (χ3v) is 10.6. The van der Waals surface area contributed by atoms with Gasteiger partial charge in [-0.2, -0.15) is 0 Å². The molecule has 0 unspecified atom stereocenters. The fourth-order valence-electron chi connectivity index (χ4n) is 8.15. The van der Waals surface area contributed by atoms with Gasteiger partial charge in [0.2, 0.25) is 0 Å². The summed E-state index contributed by atoms with van der Waals surface area (Å²) in [5.74, 6) is 0. The zero-order chi connectivity index (χ0) is 35.1. The lowest BCUT2D eigenvalue weighted by Crippen LogP contribution is -2.11. The van der Waals surface area contributed by atoms with Gasteiger partial charge in [-0.3, -0.25) is 0 Å². The van der Waals surface area contributed by atoms with E-state index in [2.05, 4.69) is 217 Å². The minimum absolute atomic E-state index is 1.10. The molecule has 0 aliphatic rings. The third-order valence-electron chi connectivity index (χ3n) is 10.6. The zero-order valence-corrected chi connectivity index (χ0v) is 29.2. The summed E-state index contributed by atoms with van der Waals surface area (Å²) < 4.78 is 0. The molecule has 0 atom stereocenters. The summed E-state index contributed by atoms with van der Waals surface area (Å²) in [7, 11) is 0. The van der Waals surface area contributed by atoms with Crippen LogP contribution in [0.2, 0.25) is 0 Å². The van der Waals surface area contributed by atoms with Crippen molar-refractivity contribution >= 4 is 60.2 Å². The van der Waals surface area contributed by atoms with E-state index in [9.17, 15) is 0 Å². The first-order valence-corrected chi connectivity index (χ1v) is 18.3. The van der Waals surface area contributed by atoms with Crippen LogP contribution < -0.4 is 4.90 Å². The summed E-state index contributed by atoms with van der Waals surface area (Å²) >= 11 is 0. The van der Waals surface area contributed by atoms with Gasteiger partial charge in [-0.25, -0.2) is 0 Å². The monoisotopic (exact) mass is 673 g/mol. The molecular weight excluding hydrogens is 639 g/mol. The molecule has 10 aromatic rings. The molecule has 0 aliphatic heterocycles. The Hall–Kier alpha value is -6.96. The molecule has 0 amide bonds. The van der Waals surface area contributed by atoms with E-state index in [1.807, 2.05) is 0 Å². The first kappa shape index (κ1) is 30.8. The summed E-state index contributed by atoms with van der Waals surface area (Å²) in [6.07, 6.45) is 0. The van der Waals surface area contributed by atoms with Crippen LogP contribution in [0.4, 0.5) is 17.1 Å². The predicted octanol–water partition coefficient (Wildman–Crippen LogP) is 14.8. The van der Waals surface area contributed by atoms with E-state index in [4.69, 9.17) is 0 Å². The van der Waals surface area contributed by atoms with Gasteiger partial charge in [0.1, 0.15) is 0 Å². The minimum atomic E-state index is 1.10. The molecule has 1 heteroatoms. The molecule has 0 spiro atoms. The van der Waals surface area contributed by atoms with Gasteiger partial charge in [0.15, 0.2) is 0 Å². The Labute approximate surface area is 309 Å². The second-order valence-corrected chi connectivity index (χ2v) is 13.7. The van der Waals surface area contributed by atoms with Crippen LogP contribution >= 0.6 is 0 Å². The lowest BCUT2D eigenvalue weighted by atomic mass is 9.90. The van der Waals surface area contributed by atoms with E-state index in [1.165, 1.54) is 76.5 Å². The molecule has 0 N–H and O–H groups in total. The summed E-state index contributed by atoms with van der Waals surface area (Å²) in [4.78, 5) is 2.47. The number of hydrogen-bond donors (Lipinski definition) is 0. The molecule has 0 aliphatic carbocycles. The van der Waals surface area contributed by atoms with Crippen molar-refractivity contribution in [1.29, 1.82) is 0 Å². The first-order valence-electron chi connectivity index (χ1n) is 18.3. The molecule has 10 aromatic carbocycles. The summed E-state index contributed by atoms with van der Waals surface area (Å²) in [5.41, 5.74) is 10.5. The van der Waals surface area contributed by atoms with Crippen molar-refractivity contribution in [3.63, 3.8) is 0 Å². The highest BCUT2D eigenvalue weighted by Gasteiger charge is 2.21. The van der Waals surface area contributed by atoms with Crippen molar-refractivity contribution in [3.8, 4) is 33.4 Å². The molecule has 0 heterocycles. The molecule has 0 saturated carbocycles. The maximum atomic E-state index is 2.47. The van der Waals surface area contributed by atoms with Gasteiger partial charge >= 0.3 is 0 Å². The fourth-order valence-corrected chi connectivity index (χ4v) is 8.15. The van der Waals surface area contributed by atoms with Crippen molar-refractivity contribution in [1.82, 2.24) is 0 Å². The highest BCUT2D eigenvalue weighted by atomic mass is 15.1. The molecule has 53 heavy (non-hydrogen) atoms. The molecular formula is C52H35N. The van der Waals surface area contributed by atoms with E-state index in [0.29, 0.717) is 0 Å². The van der Waals surface area contributed by atoms with Crippen LogP contribution in [0.1, 0.15) is 0 Å². The molecule has 10 rings (SSSR count). The predicted molar refractivity (Wildman–Crippen MR) is 227 cm³/mol. The number of nitrogens with zero attached hydrogens (tertiary/aromatic N) is 1. The van der Waals surface area contributed by atoms with Crippen LogP contribution in [-0.2, 0) is 0 Å². The highest BCUT2D eigenvalue weighted by Crippen LogP contribution is 2.46. The van der Waals surface area contributed by atoms with Crippen LogP contribution in [0.3, 0.4) is 0 Å². The van der Waals surface area contributed by atoms with E-state index in [-0.39, 0.29) is 0 Å². The Kier molecular flexibility index (Phi) is 7.55. The molecule has 1 nitrogen and oxygen atoms in total. The Morgan fingerprint density at radius 3 is 1.68 bits per heavy atom. The van der Waals surface area contributed by atoms with E-state index in [1.54, 1.807) is 0 Å². The standard InChI is InChI=1S/C52H35N/c1-3-14-36(15-4-1)41-22-11-23-42(34-41)53(51-27-13-21-40-29-31-48-45-25-10-8-19-39(45)28-32-49(48)52(40)51)43-30-33-46(37-16-5-2-6-17-37)50(35-43)47-26-12-20-38-18-7-9-24-44(38)47/h1-35H. The number of hydrogen-bond acceptors (Lipinski definition) is 1. The Bertz CT molecular complexity index is 2940. The van der Waals surface area contributed by atoms with E-state index in [0.717, 1.165) is 17.1 Å². The molecule has 0 saturated heterocycles.